The number of amides is 3. The van der Waals surface area contributed by atoms with Crippen LogP contribution in [-0.4, -0.2) is 82.6 Å². The Morgan fingerprint density at radius 1 is 1.05 bits per heavy atom. The van der Waals surface area contributed by atoms with Crippen LogP contribution in [-0.2, 0) is 26.2 Å². The Hall–Kier alpha value is -4.04. The van der Waals surface area contributed by atoms with Crippen LogP contribution in [0, 0.1) is 5.82 Å². The maximum Gasteiger partial charge on any atom is 0.292 e. The van der Waals surface area contributed by atoms with Gasteiger partial charge in [-0.2, -0.15) is 9.29 Å². The number of H-pyrrole nitrogens is 1. The highest BCUT2D eigenvalue weighted by Crippen LogP contribution is 2.36. The van der Waals surface area contributed by atoms with Crippen LogP contribution in [0.1, 0.15) is 28.8 Å². The molecule has 1 aromatic heterocycles. The van der Waals surface area contributed by atoms with Crippen LogP contribution in [0.25, 0.3) is 11.0 Å². The minimum absolute atomic E-state index is 0.0548. The molecule has 0 spiro atoms. The lowest BCUT2D eigenvalue weighted by molar-refractivity contribution is -0.136. The molecule has 3 aliphatic rings. The van der Waals surface area contributed by atoms with Crippen molar-refractivity contribution >= 4 is 44.5 Å². The van der Waals surface area contributed by atoms with Crippen molar-refractivity contribution in [1.29, 1.82) is 0 Å². The third kappa shape index (κ3) is 3.96. The highest BCUT2D eigenvalue weighted by molar-refractivity contribution is 7.89. The molecule has 4 heterocycles. The van der Waals surface area contributed by atoms with Crippen molar-refractivity contribution in [2.75, 3.05) is 31.1 Å². The topological polar surface area (TPSA) is 156 Å². The lowest BCUT2D eigenvalue weighted by atomic mass is 10.0. The van der Waals surface area contributed by atoms with Gasteiger partial charge in [0.1, 0.15) is 11.9 Å². The smallest absolute Gasteiger partial charge is 0.292 e. The number of nitrogens with zero attached hydrogens (tertiary/aromatic N) is 4. The number of piperidine rings is 1. The maximum absolute atomic E-state index is 14.6. The van der Waals surface area contributed by atoms with Gasteiger partial charge in [-0.15, -0.1) is 0 Å². The van der Waals surface area contributed by atoms with Crippen LogP contribution in [0.3, 0.4) is 0 Å². The van der Waals surface area contributed by atoms with Crippen molar-refractivity contribution in [2.24, 2.45) is 0 Å². The number of sulfonamides is 1. The Morgan fingerprint density at radius 2 is 1.82 bits per heavy atom. The van der Waals surface area contributed by atoms with E-state index in [-0.39, 0.29) is 62.0 Å². The second-order valence-electron chi connectivity index (χ2n) is 9.48. The van der Waals surface area contributed by atoms with Crippen LogP contribution in [0.2, 0.25) is 0 Å². The summed E-state index contributed by atoms with van der Waals surface area (Å²) in [5.41, 5.74) is 2.04. The highest BCUT2D eigenvalue weighted by Gasteiger charge is 2.41. The summed E-state index contributed by atoms with van der Waals surface area (Å²) in [6.45, 7) is 0.866. The summed E-state index contributed by atoms with van der Waals surface area (Å²) in [6, 6.07) is 5.70. The molecule has 0 aliphatic carbocycles. The summed E-state index contributed by atoms with van der Waals surface area (Å²) in [6.07, 6.45) is 0.311. The zero-order valence-corrected chi connectivity index (χ0v) is 20.8. The summed E-state index contributed by atoms with van der Waals surface area (Å²) in [4.78, 5) is 46.7. The van der Waals surface area contributed by atoms with Crippen LogP contribution < -0.4 is 10.2 Å². The second kappa shape index (κ2) is 8.77. The quantitative estimate of drug-likeness (QED) is 0.407. The molecule has 14 heteroatoms. The zero-order valence-electron chi connectivity index (χ0n) is 20.0. The fraction of sp³-hybridized carbons (Fsp3) is 0.333. The molecule has 1 unspecified atom stereocenters. The first-order valence-corrected chi connectivity index (χ1v) is 13.5. The van der Waals surface area contributed by atoms with E-state index in [9.17, 15) is 32.3 Å². The molecule has 2 aromatic carbocycles. The number of nitrogens with one attached hydrogen (secondary N) is 2. The predicted octanol–water partition coefficient (Wildman–Crippen LogP) is 0.680. The average molecular weight is 543 g/mol. The number of imide groups is 1. The number of hydrogen-bond acceptors (Lipinski definition) is 8. The van der Waals surface area contributed by atoms with Gasteiger partial charge in [-0.25, -0.2) is 12.8 Å². The van der Waals surface area contributed by atoms with E-state index in [1.165, 1.54) is 33.5 Å². The lowest BCUT2D eigenvalue weighted by Crippen LogP contribution is -2.52. The van der Waals surface area contributed by atoms with E-state index in [0.717, 1.165) is 6.07 Å². The number of benzene rings is 2. The van der Waals surface area contributed by atoms with Gasteiger partial charge in [0, 0.05) is 56.0 Å². The van der Waals surface area contributed by atoms with Gasteiger partial charge in [-0.3, -0.25) is 19.7 Å². The van der Waals surface area contributed by atoms with Crippen LogP contribution in [0.15, 0.2) is 35.2 Å². The third-order valence-electron chi connectivity index (χ3n) is 7.26. The second-order valence-corrected chi connectivity index (χ2v) is 11.4. The molecule has 3 N–H and O–H groups in total. The summed E-state index contributed by atoms with van der Waals surface area (Å²) in [5.74, 6) is -2.02. The molecule has 198 valence electrons. The third-order valence-corrected chi connectivity index (χ3v) is 9.15. The summed E-state index contributed by atoms with van der Waals surface area (Å²) in [5, 5.41) is 11.8. The standard InChI is InChI=1S/C24H23FN6O6S/c25-13-9-15-16(12-31(23(15)34)19-3-4-21(32)28-22(19)33)20(10-13)29-5-7-30(8-6-29)38(36,37)14-1-2-17-18(11-14)27-24(35)26-17/h1-2,9-11,19H,3-8,12H2,(H2,26,27,35)(H,28,32,33). The summed E-state index contributed by atoms with van der Waals surface area (Å²) < 4.78 is 42.5. The molecule has 0 saturated carbocycles. The minimum Gasteiger partial charge on any atom is -0.480 e. The molecule has 3 aromatic rings. The van der Waals surface area contributed by atoms with Crippen molar-refractivity contribution in [3.05, 3.63) is 47.3 Å². The minimum atomic E-state index is -3.84. The monoisotopic (exact) mass is 542 g/mol. The largest absolute Gasteiger partial charge is 0.480 e. The Labute approximate surface area is 216 Å². The van der Waals surface area contributed by atoms with Crippen LogP contribution in [0.4, 0.5) is 10.1 Å². The number of anilines is 1. The van der Waals surface area contributed by atoms with Gasteiger partial charge in [0.15, 0.2) is 0 Å². The fourth-order valence-electron chi connectivity index (χ4n) is 5.34. The SMILES string of the molecule is O=C1CCC(N2Cc3c(cc(F)cc3N3CCN(S(=O)(=O)c4ccc5nc(O)[nH]c5c4)CC3)C2=O)C(=O)N1. The number of aromatic hydroxyl groups is 1. The molecule has 6 rings (SSSR count). The number of rotatable bonds is 4. The number of imidazole rings is 1. The Morgan fingerprint density at radius 3 is 2.55 bits per heavy atom. The van der Waals surface area contributed by atoms with Gasteiger partial charge < -0.3 is 19.9 Å². The number of carbonyl (C=O) groups excluding carboxylic acids is 3. The van der Waals surface area contributed by atoms with Gasteiger partial charge in [0.05, 0.1) is 15.9 Å². The van der Waals surface area contributed by atoms with Crippen molar-refractivity contribution < 1.29 is 32.3 Å². The Kier molecular flexibility index (Phi) is 5.61. The normalized spacial score (nSPS) is 20.8. The number of halogens is 1. The van der Waals surface area contributed by atoms with Gasteiger partial charge in [0.2, 0.25) is 21.8 Å². The Balaban J connectivity index is 1.22. The first-order chi connectivity index (χ1) is 18.1. The van der Waals surface area contributed by atoms with E-state index >= 15 is 0 Å². The lowest BCUT2D eigenvalue weighted by Gasteiger charge is -2.36. The molecule has 2 saturated heterocycles. The number of aromatic nitrogens is 2. The van der Waals surface area contributed by atoms with E-state index in [4.69, 9.17) is 0 Å². The van der Waals surface area contributed by atoms with Crippen molar-refractivity contribution in [3.8, 4) is 6.01 Å². The molecular formula is C24H23FN6O6S. The molecule has 0 radical (unpaired) electrons. The molecule has 0 bridgehead atoms. The number of hydrogen-bond donors (Lipinski definition) is 3. The van der Waals surface area contributed by atoms with E-state index in [1.807, 2.05) is 4.90 Å². The molecule has 38 heavy (non-hydrogen) atoms. The zero-order chi connectivity index (χ0) is 26.8. The molecular weight excluding hydrogens is 519 g/mol. The van der Waals surface area contributed by atoms with E-state index in [1.54, 1.807) is 0 Å². The fourth-order valence-corrected chi connectivity index (χ4v) is 6.79. The van der Waals surface area contributed by atoms with Gasteiger partial charge >= 0.3 is 0 Å². The van der Waals surface area contributed by atoms with Gasteiger partial charge in [-0.05, 0) is 36.8 Å². The summed E-state index contributed by atoms with van der Waals surface area (Å²) in [7, 11) is -3.84. The molecule has 12 nitrogen and oxygen atoms in total. The first kappa shape index (κ1) is 24.3. The van der Waals surface area contributed by atoms with Crippen LogP contribution in [0.5, 0.6) is 6.01 Å². The van der Waals surface area contributed by atoms with Crippen molar-refractivity contribution in [2.45, 2.75) is 30.3 Å². The van der Waals surface area contributed by atoms with Gasteiger partial charge in [0.25, 0.3) is 11.9 Å². The Bertz CT molecular complexity index is 1610. The molecule has 2 fully saturated rings. The number of aromatic amines is 1. The van der Waals surface area contributed by atoms with E-state index < -0.39 is 39.6 Å². The summed E-state index contributed by atoms with van der Waals surface area (Å²) >= 11 is 0. The van der Waals surface area contributed by atoms with Crippen LogP contribution >= 0.6 is 0 Å². The first-order valence-electron chi connectivity index (χ1n) is 12.0. The van der Waals surface area contributed by atoms with E-state index in [2.05, 4.69) is 15.3 Å². The molecule has 3 amide bonds. The maximum atomic E-state index is 14.6. The number of carbonyl (C=O) groups is 3. The average Bonchev–Trinajstić information content (AvgIpc) is 3.42. The van der Waals surface area contributed by atoms with E-state index in [0.29, 0.717) is 22.3 Å². The van der Waals surface area contributed by atoms with Crippen molar-refractivity contribution in [3.63, 3.8) is 0 Å². The highest BCUT2D eigenvalue weighted by atomic mass is 32.2. The molecule has 1 atom stereocenters. The number of fused-ring (bicyclic) bond motifs is 2. The molecule has 3 aliphatic heterocycles. The van der Waals surface area contributed by atoms with Crippen molar-refractivity contribution in [1.82, 2.24) is 24.5 Å². The predicted molar refractivity (Wildman–Crippen MR) is 131 cm³/mol. The van der Waals surface area contributed by atoms with Gasteiger partial charge in [-0.1, -0.05) is 0 Å². The number of piperazine rings is 1.